The summed E-state index contributed by atoms with van der Waals surface area (Å²) in [6.07, 6.45) is -2.39. The molecule has 1 aromatic carbocycles. The highest BCUT2D eigenvalue weighted by molar-refractivity contribution is 7.15. The zero-order valence-corrected chi connectivity index (χ0v) is 13.8. The van der Waals surface area contributed by atoms with E-state index in [2.05, 4.69) is 10.3 Å². The summed E-state index contributed by atoms with van der Waals surface area (Å²) < 4.78 is 43.0. The molecule has 0 aliphatic carbocycles. The number of fused-ring (bicyclic) bond motifs is 1. The summed E-state index contributed by atoms with van der Waals surface area (Å²) in [5.74, 6) is -0.478. The molecule has 4 nitrogen and oxygen atoms in total. The number of benzene rings is 1. The third kappa shape index (κ3) is 3.25. The number of halogens is 4. The number of hydrogen-bond donors (Lipinski definition) is 1. The average Bonchev–Trinajstić information content (AvgIpc) is 3.10. The number of aromatic nitrogens is 1. The molecule has 0 bridgehead atoms. The van der Waals surface area contributed by atoms with Crippen LogP contribution in [0.4, 0.5) is 18.3 Å². The largest absolute Gasteiger partial charge is 0.464 e. The molecular weight excluding hydrogens is 365 g/mol. The van der Waals surface area contributed by atoms with Crippen LogP contribution in [0.25, 0.3) is 11.0 Å². The molecule has 2 aromatic heterocycles. The van der Waals surface area contributed by atoms with E-state index in [1.807, 2.05) is 0 Å². The SMILES string of the molecule is Cc1c(Cl)ccc2c(CC(=O)Nc3ncc(C(F)(F)F)s3)coc12. The molecule has 3 aromatic rings. The topological polar surface area (TPSA) is 55.1 Å². The number of carbonyl (C=O) groups is 1. The molecule has 2 heterocycles. The quantitative estimate of drug-likeness (QED) is 0.697. The molecule has 0 aliphatic rings. The monoisotopic (exact) mass is 374 g/mol. The lowest BCUT2D eigenvalue weighted by Gasteiger charge is -2.02. The second-order valence-electron chi connectivity index (χ2n) is 5.06. The molecule has 1 amide bonds. The first-order valence-electron chi connectivity index (χ1n) is 6.74. The lowest BCUT2D eigenvalue weighted by molar-refractivity contribution is -0.134. The van der Waals surface area contributed by atoms with Crippen LogP contribution >= 0.6 is 22.9 Å². The van der Waals surface area contributed by atoms with Crippen molar-refractivity contribution in [3.63, 3.8) is 0 Å². The highest BCUT2D eigenvalue weighted by Crippen LogP contribution is 2.35. The Morgan fingerprint density at radius 2 is 2.17 bits per heavy atom. The van der Waals surface area contributed by atoms with Gasteiger partial charge in [0.2, 0.25) is 5.91 Å². The number of rotatable bonds is 3. The first-order valence-corrected chi connectivity index (χ1v) is 7.93. The Kier molecular flexibility index (Phi) is 4.27. The number of amides is 1. The van der Waals surface area contributed by atoms with Crippen molar-refractivity contribution in [3.8, 4) is 0 Å². The lowest BCUT2D eigenvalue weighted by atomic mass is 10.1. The fourth-order valence-corrected chi connectivity index (χ4v) is 3.05. The van der Waals surface area contributed by atoms with Gasteiger partial charge in [-0.25, -0.2) is 4.98 Å². The van der Waals surface area contributed by atoms with Gasteiger partial charge in [0.25, 0.3) is 0 Å². The predicted molar refractivity (Wildman–Crippen MR) is 85.4 cm³/mol. The highest BCUT2D eigenvalue weighted by atomic mass is 35.5. The van der Waals surface area contributed by atoms with Crippen molar-refractivity contribution in [2.45, 2.75) is 19.5 Å². The van der Waals surface area contributed by atoms with E-state index in [0.29, 0.717) is 33.7 Å². The lowest BCUT2D eigenvalue weighted by Crippen LogP contribution is -2.13. The molecule has 0 spiro atoms. The van der Waals surface area contributed by atoms with E-state index in [1.165, 1.54) is 6.26 Å². The Balaban J connectivity index is 1.76. The zero-order valence-electron chi connectivity index (χ0n) is 12.2. The molecule has 0 saturated heterocycles. The van der Waals surface area contributed by atoms with E-state index in [9.17, 15) is 18.0 Å². The van der Waals surface area contributed by atoms with E-state index in [0.717, 1.165) is 10.9 Å². The molecule has 0 atom stereocenters. The van der Waals surface area contributed by atoms with Gasteiger partial charge in [0.15, 0.2) is 5.13 Å². The van der Waals surface area contributed by atoms with Crippen LogP contribution in [0, 0.1) is 6.92 Å². The molecule has 0 radical (unpaired) electrons. The first-order chi connectivity index (χ1) is 11.3. The minimum Gasteiger partial charge on any atom is -0.464 e. The van der Waals surface area contributed by atoms with E-state index in [1.54, 1.807) is 19.1 Å². The number of alkyl halides is 3. The number of nitrogens with zero attached hydrogens (tertiary/aromatic N) is 1. The molecule has 126 valence electrons. The Morgan fingerprint density at radius 1 is 1.42 bits per heavy atom. The number of carbonyl (C=O) groups excluding carboxylic acids is 1. The van der Waals surface area contributed by atoms with Crippen molar-refractivity contribution in [1.82, 2.24) is 4.98 Å². The number of anilines is 1. The van der Waals surface area contributed by atoms with Gasteiger partial charge in [0.05, 0.1) is 18.9 Å². The van der Waals surface area contributed by atoms with E-state index >= 15 is 0 Å². The van der Waals surface area contributed by atoms with E-state index in [-0.39, 0.29) is 11.6 Å². The van der Waals surface area contributed by atoms with E-state index < -0.39 is 17.0 Å². The Bertz CT molecular complexity index is 917. The number of aryl methyl sites for hydroxylation is 1. The summed E-state index contributed by atoms with van der Waals surface area (Å²) >= 11 is 6.39. The maximum atomic E-state index is 12.5. The highest BCUT2D eigenvalue weighted by Gasteiger charge is 2.33. The van der Waals surface area contributed by atoms with Crippen molar-refractivity contribution in [3.05, 3.63) is 45.6 Å². The van der Waals surface area contributed by atoms with Gasteiger partial charge in [-0.15, -0.1) is 0 Å². The third-order valence-electron chi connectivity index (χ3n) is 3.39. The van der Waals surface area contributed by atoms with Crippen LogP contribution in [0.1, 0.15) is 16.0 Å². The maximum absolute atomic E-state index is 12.5. The number of hydrogen-bond acceptors (Lipinski definition) is 4. The summed E-state index contributed by atoms with van der Waals surface area (Å²) in [6, 6.07) is 3.44. The van der Waals surface area contributed by atoms with Gasteiger partial charge in [0.1, 0.15) is 10.5 Å². The second-order valence-corrected chi connectivity index (χ2v) is 6.50. The smallest absolute Gasteiger partial charge is 0.427 e. The van der Waals surface area contributed by atoms with Gasteiger partial charge < -0.3 is 9.73 Å². The fourth-order valence-electron chi connectivity index (χ4n) is 2.20. The Hall–Kier alpha value is -2.06. The molecule has 24 heavy (non-hydrogen) atoms. The Labute approximate surface area is 143 Å². The number of nitrogens with one attached hydrogen (secondary N) is 1. The average molecular weight is 375 g/mol. The molecule has 0 saturated carbocycles. The van der Waals surface area contributed by atoms with Crippen LogP contribution in [0.15, 0.2) is 29.0 Å². The van der Waals surface area contributed by atoms with Crippen LogP contribution in [0.2, 0.25) is 5.02 Å². The Morgan fingerprint density at radius 3 is 2.83 bits per heavy atom. The summed E-state index contributed by atoms with van der Waals surface area (Å²) in [5, 5.41) is 3.56. The zero-order chi connectivity index (χ0) is 17.5. The van der Waals surface area contributed by atoms with Crippen molar-refractivity contribution < 1.29 is 22.4 Å². The normalized spacial score (nSPS) is 11.9. The molecule has 9 heteroatoms. The third-order valence-corrected chi connectivity index (χ3v) is 4.75. The number of thiazole rings is 1. The molecule has 3 rings (SSSR count). The van der Waals surface area contributed by atoms with Crippen LogP contribution in [-0.2, 0) is 17.4 Å². The van der Waals surface area contributed by atoms with Gasteiger partial charge in [-0.2, -0.15) is 13.2 Å². The first kappa shape index (κ1) is 16.8. The van der Waals surface area contributed by atoms with Gasteiger partial charge in [-0.1, -0.05) is 22.9 Å². The van der Waals surface area contributed by atoms with E-state index in [4.69, 9.17) is 16.0 Å². The summed E-state index contributed by atoms with van der Waals surface area (Å²) in [7, 11) is 0. The van der Waals surface area contributed by atoms with Crippen LogP contribution < -0.4 is 5.32 Å². The summed E-state index contributed by atoms with van der Waals surface area (Å²) in [4.78, 5) is 14.7. The van der Waals surface area contributed by atoms with Crippen LogP contribution in [0.5, 0.6) is 0 Å². The van der Waals surface area contributed by atoms with Crippen LogP contribution in [-0.4, -0.2) is 10.9 Å². The van der Waals surface area contributed by atoms with Gasteiger partial charge in [-0.05, 0) is 19.1 Å². The van der Waals surface area contributed by atoms with Gasteiger partial charge in [0, 0.05) is 21.5 Å². The van der Waals surface area contributed by atoms with Crippen molar-refractivity contribution in [1.29, 1.82) is 0 Å². The fraction of sp³-hybridized carbons (Fsp3) is 0.200. The summed E-state index contributed by atoms with van der Waals surface area (Å²) in [5.41, 5.74) is 1.96. The standard InChI is InChI=1S/C15H10ClF3N2O2S/c1-7-10(16)3-2-9-8(6-23-13(7)9)4-12(22)21-14-20-5-11(24-14)15(17,18)19/h2-3,5-6H,4H2,1H3,(H,20,21,22). The van der Waals surface area contributed by atoms with Crippen molar-refractivity contribution >= 4 is 44.9 Å². The van der Waals surface area contributed by atoms with Crippen molar-refractivity contribution in [2.24, 2.45) is 0 Å². The molecule has 1 N–H and O–H groups in total. The summed E-state index contributed by atoms with van der Waals surface area (Å²) in [6.45, 7) is 1.80. The molecule has 0 unspecified atom stereocenters. The van der Waals surface area contributed by atoms with Gasteiger partial charge >= 0.3 is 6.18 Å². The minimum atomic E-state index is -4.47. The maximum Gasteiger partial charge on any atom is 0.427 e. The molecule has 0 aliphatic heterocycles. The predicted octanol–water partition coefficient (Wildman–Crippen LogP) is 5.05. The van der Waals surface area contributed by atoms with Crippen molar-refractivity contribution in [2.75, 3.05) is 5.32 Å². The number of furan rings is 1. The minimum absolute atomic E-state index is 0.0466. The van der Waals surface area contributed by atoms with Gasteiger partial charge in [-0.3, -0.25) is 4.79 Å². The second kappa shape index (κ2) is 6.10. The molecular formula is C15H10ClF3N2O2S. The molecule has 0 fully saturated rings. The van der Waals surface area contributed by atoms with Crippen LogP contribution in [0.3, 0.4) is 0 Å².